The van der Waals surface area contributed by atoms with Gasteiger partial charge in [0.15, 0.2) is 0 Å². The Morgan fingerprint density at radius 1 is 0.457 bits per heavy atom. The fourth-order valence-electron chi connectivity index (χ4n) is 4.46. The molecular weight excluding hydrogens is 482 g/mol. The van der Waals surface area contributed by atoms with Gasteiger partial charge in [0, 0.05) is 0 Å². The number of nitrogens with zero attached hydrogens (tertiary/aromatic N) is 4. The third-order valence-electron chi connectivity index (χ3n) is 6.12. The molecule has 0 aliphatic heterocycles. The van der Waals surface area contributed by atoms with Gasteiger partial charge >= 0.3 is 19.5 Å². The van der Waals surface area contributed by atoms with Crippen molar-refractivity contribution < 1.29 is 19.5 Å². The first kappa shape index (κ1) is 33.6. The topological polar surface area (TPSA) is 13.0 Å². The molecule has 0 aromatic heterocycles. The Morgan fingerprint density at radius 3 is 0.771 bits per heavy atom. The molecule has 0 heterocycles. The molecule has 35 heavy (non-hydrogen) atoms. The second kappa shape index (κ2) is 15.0. The van der Waals surface area contributed by atoms with E-state index >= 15 is 0 Å². The molecule has 0 amide bonds. The Bertz CT molecular complexity index is 800. The maximum Gasteiger partial charge on any atom is 2.00 e. The second-order valence-corrected chi connectivity index (χ2v) is 10.8. The Kier molecular flexibility index (Phi) is 14.4. The quantitative estimate of drug-likeness (QED) is 0.342. The second-order valence-electron chi connectivity index (χ2n) is 10.8. The Morgan fingerprint density at radius 2 is 0.629 bits per heavy atom. The van der Waals surface area contributed by atoms with Crippen molar-refractivity contribution in [2.45, 2.75) is 53.9 Å². The van der Waals surface area contributed by atoms with Gasteiger partial charge in [-0.05, 0) is 82.6 Å². The number of hydrogen-bond donors (Lipinski definition) is 0. The van der Waals surface area contributed by atoms with Crippen LogP contribution in [0.4, 0.5) is 0 Å². The van der Waals surface area contributed by atoms with Crippen LogP contribution in [0, 0.1) is 41.5 Å². The maximum atomic E-state index is 4.29. The summed E-state index contributed by atoms with van der Waals surface area (Å²) in [6, 6.07) is 4.57. The monoisotopic (exact) mass is 530 g/mol. The zero-order chi connectivity index (χ0) is 26.3. The third kappa shape index (κ3) is 10.3. The van der Waals surface area contributed by atoms with E-state index in [1.165, 1.54) is 55.6 Å². The summed E-state index contributed by atoms with van der Waals surface area (Å²) in [6.07, 6.45) is 0. The van der Waals surface area contributed by atoms with Gasteiger partial charge in [0.1, 0.15) is 0 Å². The molecule has 0 atom stereocenters. The van der Waals surface area contributed by atoms with Crippen molar-refractivity contribution in [3.63, 3.8) is 0 Å². The van der Waals surface area contributed by atoms with Crippen LogP contribution in [0.2, 0.25) is 0 Å². The van der Waals surface area contributed by atoms with Crippen molar-refractivity contribution >= 4 is 0 Å². The predicted octanol–water partition coefficient (Wildman–Crippen LogP) is 5.22. The fourth-order valence-corrected chi connectivity index (χ4v) is 4.46. The molecule has 0 saturated carbocycles. The van der Waals surface area contributed by atoms with Gasteiger partial charge in [-0.1, -0.05) is 39.8 Å². The summed E-state index contributed by atoms with van der Waals surface area (Å²) in [5.41, 5.74) is 13.3. The molecule has 5 heteroatoms. The van der Waals surface area contributed by atoms with E-state index in [2.05, 4.69) is 130 Å². The van der Waals surface area contributed by atoms with E-state index in [4.69, 9.17) is 0 Å². The molecule has 0 N–H and O–H groups in total. The number of hydrogen-bond acceptors (Lipinski definition) is 4. The van der Waals surface area contributed by atoms with Crippen molar-refractivity contribution in [2.24, 2.45) is 0 Å². The average Bonchev–Trinajstić information content (AvgIpc) is 2.69. The molecule has 0 spiro atoms. The summed E-state index contributed by atoms with van der Waals surface area (Å²) >= 11 is 0. The summed E-state index contributed by atoms with van der Waals surface area (Å²) in [5, 5.41) is 0. The molecule has 0 saturated heterocycles. The molecule has 0 aliphatic rings. The molecule has 0 aliphatic carbocycles. The predicted molar refractivity (Wildman–Crippen MR) is 150 cm³/mol. The van der Waals surface area contributed by atoms with Crippen LogP contribution in [0.15, 0.2) is 12.1 Å². The summed E-state index contributed by atoms with van der Waals surface area (Å²) in [5.74, 6) is 0. The maximum absolute atomic E-state index is 4.29. The summed E-state index contributed by atoms with van der Waals surface area (Å²) < 4.78 is 0. The minimum Gasteiger partial charge on any atom is -0.316 e. The third-order valence-corrected chi connectivity index (χ3v) is 6.12. The van der Waals surface area contributed by atoms with Crippen molar-refractivity contribution in [3.8, 4) is 0 Å². The minimum atomic E-state index is 0. The van der Waals surface area contributed by atoms with Crippen LogP contribution in [0.3, 0.4) is 0 Å². The molecule has 2 aromatic carbocycles. The zero-order valence-corrected chi connectivity index (χ0v) is 27.9. The smallest absolute Gasteiger partial charge is 0.316 e. The average molecular weight is 532 g/mol. The molecular formula is C30H50N4Zn. The van der Waals surface area contributed by atoms with Crippen LogP contribution in [-0.4, -0.2) is 76.0 Å². The number of rotatable bonds is 8. The van der Waals surface area contributed by atoms with Crippen molar-refractivity contribution in [1.29, 1.82) is 0 Å². The summed E-state index contributed by atoms with van der Waals surface area (Å²) in [7, 11) is 16.8. The van der Waals surface area contributed by atoms with Gasteiger partial charge in [-0.15, -0.1) is 44.5 Å². The van der Waals surface area contributed by atoms with Crippen LogP contribution < -0.4 is 0 Å². The van der Waals surface area contributed by atoms with Gasteiger partial charge in [-0.3, -0.25) is 0 Å². The van der Waals surface area contributed by atoms with Crippen LogP contribution in [0.5, 0.6) is 0 Å². The SMILES string of the molecule is [CH2-]c1c(CN(C)C)c(C)cc(C)c1CN(C)C.[CH2-]c1c(CN(C)C)c(C)cc(C)c1CN(C)C.[Zn+2]. The molecule has 0 radical (unpaired) electrons. The minimum absolute atomic E-state index is 0. The molecule has 192 valence electrons. The Labute approximate surface area is 230 Å². The van der Waals surface area contributed by atoms with Crippen molar-refractivity contribution in [3.05, 3.63) is 81.6 Å². The number of benzene rings is 2. The normalized spacial score (nSPS) is 11.2. The van der Waals surface area contributed by atoms with E-state index in [1.54, 1.807) is 0 Å². The first-order valence-electron chi connectivity index (χ1n) is 12.1. The molecule has 0 unspecified atom stereocenters. The van der Waals surface area contributed by atoms with Gasteiger partial charge in [0.2, 0.25) is 0 Å². The van der Waals surface area contributed by atoms with Gasteiger partial charge in [0.05, 0.1) is 0 Å². The van der Waals surface area contributed by atoms with Crippen LogP contribution >= 0.6 is 0 Å². The van der Waals surface area contributed by atoms with Gasteiger partial charge < -0.3 is 19.6 Å². The van der Waals surface area contributed by atoms with E-state index < -0.39 is 0 Å². The standard InChI is InChI=1S/2C15H25N2.Zn/c2*1-11-8-12(2)15(10-17(6)7)13(3)14(11)9-16(4)5;/h2*8H,3,9-10H2,1-2,4-7H3;/q2*-1;+2. The van der Waals surface area contributed by atoms with Gasteiger partial charge in [-0.25, -0.2) is 0 Å². The largest absolute Gasteiger partial charge is 2.00 e. The Balaban J connectivity index is 0.000000642. The first-order chi connectivity index (χ1) is 15.6. The fraction of sp³-hybridized carbons (Fsp3) is 0.533. The summed E-state index contributed by atoms with van der Waals surface area (Å²) in [4.78, 5) is 8.80. The Hall–Kier alpha value is -1.36. The van der Waals surface area contributed by atoms with Crippen molar-refractivity contribution in [1.82, 2.24) is 19.6 Å². The van der Waals surface area contributed by atoms with Crippen LogP contribution in [-0.2, 0) is 45.7 Å². The van der Waals surface area contributed by atoms with Gasteiger partial charge in [-0.2, -0.15) is 25.0 Å². The molecule has 0 fully saturated rings. The van der Waals surface area contributed by atoms with Crippen molar-refractivity contribution in [2.75, 3.05) is 56.4 Å². The summed E-state index contributed by atoms with van der Waals surface area (Å²) in [6.45, 7) is 21.2. The van der Waals surface area contributed by atoms with E-state index in [0.717, 1.165) is 26.2 Å². The van der Waals surface area contributed by atoms with Crippen LogP contribution in [0.1, 0.15) is 55.6 Å². The zero-order valence-electron chi connectivity index (χ0n) is 24.9. The molecule has 4 nitrogen and oxygen atoms in total. The molecule has 2 aromatic rings. The van der Waals surface area contributed by atoms with E-state index in [0.29, 0.717) is 0 Å². The molecule has 0 bridgehead atoms. The van der Waals surface area contributed by atoms with E-state index in [9.17, 15) is 0 Å². The van der Waals surface area contributed by atoms with Gasteiger partial charge in [0.25, 0.3) is 0 Å². The van der Waals surface area contributed by atoms with E-state index in [1.807, 2.05) is 0 Å². The van der Waals surface area contributed by atoms with E-state index in [-0.39, 0.29) is 19.5 Å². The van der Waals surface area contributed by atoms with Crippen LogP contribution in [0.25, 0.3) is 0 Å². The number of aryl methyl sites for hydroxylation is 4. The first-order valence-corrected chi connectivity index (χ1v) is 12.1. The molecule has 2 rings (SSSR count).